The highest BCUT2D eigenvalue weighted by molar-refractivity contribution is 5.93. The predicted octanol–water partition coefficient (Wildman–Crippen LogP) is 3.96. The van der Waals surface area contributed by atoms with Crippen molar-refractivity contribution in [1.82, 2.24) is 0 Å². The van der Waals surface area contributed by atoms with Crippen LogP contribution >= 0.6 is 0 Å². The first-order chi connectivity index (χ1) is 8.54. The van der Waals surface area contributed by atoms with Crippen molar-refractivity contribution in [2.45, 2.75) is 13.3 Å². The van der Waals surface area contributed by atoms with Crippen molar-refractivity contribution in [2.24, 2.45) is 0 Å². The Labute approximate surface area is 101 Å². The molecule has 0 saturated heterocycles. The van der Waals surface area contributed by atoms with Crippen molar-refractivity contribution in [3.05, 3.63) is 47.5 Å². The number of hydrogen-bond donors (Lipinski definition) is 0. The van der Waals surface area contributed by atoms with E-state index in [9.17, 15) is 18.0 Å². The lowest BCUT2D eigenvalue weighted by atomic mass is 10.1. The quantitative estimate of drug-likeness (QED) is 0.613. The lowest BCUT2D eigenvalue weighted by Gasteiger charge is -2.01. The number of rotatable bonds is 3. The van der Waals surface area contributed by atoms with Crippen LogP contribution in [0.4, 0.5) is 13.2 Å². The fourth-order valence-corrected chi connectivity index (χ4v) is 1.52. The van der Waals surface area contributed by atoms with Gasteiger partial charge in [-0.3, -0.25) is 4.79 Å². The molecule has 2 rings (SSSR count). The van der Waals surface area contributed by atoms with Gasteiger partial charge in [-0.25, -0.2) is 13.2 Å². The van der Waals surface area contributed by atoms with Crippen molar-refractivity contribution in [1.29, 1.82) is 0 Å². The van der Waals surface area contributed by atoms with E-state index < -0.39 is 17.5 Å². The standard InChI is InChI=1S/C13H9F3O2/c1-2-9(17)11-6-5-10(18-11)7-3-4-8(14)13(16)12(7)15/h3-6H,2H2,1H3. The van der Waals surface area contributed by atoms with Crippen LogP contribution in [0.3, 0.4) is 0 Å². The lowest BCUT2D eigenvalue weighted by Crippen LogP contribution is -1.94. The van der Waals surface area contributed by atoms with Crippen molar-refractivity contribution in [3.8, 4) is 11.3 Å². The van der Waals surface area contributed by atoms with E-state index in [0.29, 0.717) is 0 Å². The van der Waals surface area contributed by atoms with Gasteiger partial charge < -0.3 is 4.42 Å². The molecule has 0 amide bonds. The summed E-state index contributed by atoms with van der Waals surface area (Å²) in [7, 11) is 0. The molecular formula is C13H9F3O2. The predicted molar refractivity (Wildman–Crippen MR) is 58.6 cm³/mol. The van der Waals surface area contributed by atoms with Gasteiger partial charge in [0.1, 0.15) is 5.76 Å². The Morgan fingerprint density at radius 1 is 1.11 bits per heavy atom. The zero-order valence-corrected chi connectivity index (χ0v) is 9.47. The molecule has 94 valence electrons. The van der Waals surface area contributed by atoms with E-state index in [4.69, 9.17) is 4.42 Å². The maximum atomic E-state index is 13.5. The summed E-state index contributed by atoms with van der Waals surface area (Å²) in [6, 6.07) is 4.59. The van der Waals surface area contributed by atoms with E-state index in [-0.39, 0.29) is 29.3 Å². The van der Waals surface area contributed by atoms with Crippen LogP contribution in [0, 0.1) is 17.5 Å². The summed E-state index contributed by atoms with van der Waals surface area (Å²) >= 11 is 0. The summed E-state index contributed by atoms with van der Waals surface area (Å²) in [5, 5.41) is 0. The average molecular weight is 254 g/mol. The normalized spacial score (nSPS) is 10.7. The third kappa shape index (κ3) is 2.03. The van der Waals surface area contributed by atoms with Crippen LogP contribution < -0.4 is 0 Å². The number of halogens is 3. The summed E-state index contributed by atoms with van der Waals surface area (Å²) < 4.78 is 44.4. The molecule has 2 nitrogen and oxygen atoms in total. The van der Waals surface area contributed by atoms with Gasteiger partial charge >= 0.3 is 0 Å². The number of benzene rings is 1. The molecule has 0 radical (unpaired) electrons. The summed E-state index contributed by atoms with van der Waals surface area (Å²) in [4.78, 5) is 11.3. The molecule has 0 bridgehead atoms. The van der Waals surface area contributed by atoms with Crippen LogP contribution in [0.5, 0.6) is 0 Å². The van der Waals surface area contributed by atoms with Crippen LogP contribution in [0.15, 0.2) is 28.7 Å². The molecule has 0 saturated carbocycles. The molecule has 0 aliphatic heterocycles. The SMILES string of the molecule is CCC(=O)c1ccc(-c2ccc(F)c(F)c2F)o1. The Bertz CT molecular complexity index is 602. The third-order valence-corrected chi connectivity index (χ3v) is 2.50. The zero-order chi connectivity index (χ0) is 13.3. The molecule has 1 aromatic carbocycles. The monoisotopic (exact) mass is 254 g/mol. The van der Waals surface area contributed by atoms with Crippen LogP contribution in [0.2, 0.25) is 0 Å². The fourth-order valence-electron chi connectivity index (χ4n) is 1.52. The zero-order valence-electron chi connectivity index (χ0n) is 9.47. The molecule has 0 atom stereocenters. The highest BCUT2D eigenvalue weighted by atomic mass is 19.2. The van der Waals surface area contributed by atoms with E-state index in [2.05, 4.69) is 0 Å². The van der Waals surface area contributed by atoms with Crippen LogP contribution in [0.1, 0.15) is 23.9 Å². The molecule has 1 aromatic heterocycles. The van der Waals surface area contributed by atoms with Crippen molar-refractivity contribution in [2.75, 3.05) is 0 Å². The first kappa shape index (κ1) is 12.4. The summed E-state index contributed by atoms with van der Waals surface area (Å²) in [6.07, 6.45) is 0.243. The third-order valence-electron chi connectivity index (χ3n) is 2.50. The number of Topliss-reactive ketones (excluding diaryl/α,β-unsaturated/α-hetero) is 1. The Balaban J connectivity index is 2.47. The number of hydrogen-bond acceptors (Lipinski definition) is 2. The van der Waals surface area contributed by atoms with Gasteiger partial charge in [0.25, 0.3) is 0 Å². The summed E-state index contributed by atoms with van der Waals surface area (Å²) in [5.41, 5.74) is -0.218. The first-order valence-corrected chi connectivity index (χ1v) is 5.31. The van der Waals surface area contributed by atoms with E-state index in [1.165, 1.54) is 12.1 Å². The second-order valence-electron chi connectivity index (χ2n) is 3.66. The number of carbonyl (C=O) groups is 1. The topological polar surface area (TPSA) is 30.2 Å². The van der Waals surface area contributed by atoms with E-state index in [1.54, 1.807) is 6.92 Å². The van der Waals surface area contributed by atoms with E-state index in [0.717, 1.165) is 12.1 Å². The molecule has 0 fully saturated rings. The molecular weight excluding hydrogens is 245 g/mol. The Kier molecular flexibility index (Phi) is 3.23. The average Bonchev–Trinajstić information content (AvgIpc) is 2.84. The van der Waals surface area contributed by atoms with Crippen LogP contribution in [0.25, 0.3) is 11.3 Å². The molecule has 2 aromatic rings. The molecule has 0 N–H and O–H groups in total. The van der Waals surface area contributed by atoms with Gasteiger partial charge in [-0.1, -0.05) is 6.92 Å². The van der Waals surface area contributed by atoms with Gasteiger partial charge in [0, 0.05) is 6.42 Å². The Morgan fingerprint density at radius 2 is 1.83 bits per heavy atom. The van der Waals surface area contributed by atoms with Gasteiger partial charge in [-0.2, -0.15) is 0 Å². The first-order valence-electron chi connectivity index (χ1n) is 5.31. The molecule has 0 aliphatic rings. The second-order valence-corrected chi connectivity index (χ2v) is 3.66. The highest BCUT2D eigenvalue weighted by Gasteiger charge is 2.18. The van der Waals surface area contributed by atoms with Gasteiger partial charge in [0.2, 0.25) is 0 Å². The Hall–Kier alpha value is -2.04. The second kappa shape index (κ2) is 4.68. The number of carbonyl (C=O) groups excluding carboxylic acids is 1. The lowest BCUT2D eigenvalue weighted by molar-refractivity contribution is 0.0962. The van der Waals surface area contributed by atoms with Crippen molar-refractivity contribution >= 4 is 5.78 Å². The van der Waals surface area contributed by atoms with E-state index >= 15 is 0 Å². The van der Waals surface area contributed by atoms with Gasteiger partial charge in [0.15, 0.2) is 29.0 Å². The fraction of sp³-hybridized carbons (Fsp3) is 0.154. The van der Waals surface area contributed by atoms with Crippen molar-refractivity contribution < 1.29 is 22.4 Å². The summed E-state index contributed by atoms with van der Waals surface area (Å²) in [5.74, 6) is -4.36. The van der Waals surface area contributed by atoms with Gasteiger partial charge in [0.05, 0.1) is 5.56 Å². The van der Waals surface area contributed by atoms with Crippen LogP contribution in [-0.4, -0.2) is 5.78 Å². The number of ketones is 1. The number of furan rings is 1. The highest BCUT2D eigenvalue weighted by Crippen LogP contribution is 2.27. The minimum Gasteiger partial charge on any atom is -0.453 e. The largest absolute Gasteiger partial charge is 0.453 e. The summed E-state index contributed by atoms with van der Waals surface area (Å²) in [6.45, 7) is 1.66. The molecule has 5 heteroatoms. The maximum absolute atomic E-state index is 13.5. The molecule has 0 spiro atoms. The minimum atomic E-state index is -1.56. The van der Waals surface area contributed by atoms with Gasteiger partial charge in [-0.15, -0.1) is 0 Å². The van der Waals surface area contributed by atoms with Crippen LogP contribution in [-0.2, 0) is 0 Å². The molecule has 0 unspecified atom stereocenters. The van der Waals surface area contributed by atoms with E-state index in [1.807, 2.05) is 0 Å². The molecule has 0 aliphatic carbocycles. The Morgan fingerprint density at radius 3 is 2.50 bits per heavy atom. The maximum Gasteiger partial charge on any atom is 0.197 e. The van der Waals surface area contributed by atoms with Gasteiger partial charge in [-0.05, 0) is 24.3 Å². The molecule has 1 heterocycles. The smallest absolute Gasteiger partial charge is 0.197 e. The van der Waals surface area contributed by atoms with Crippen molar-refractivity contribution in [3.63, 3.8) is 0 Å². The minimum absolute atomic E-state index is 0.0109. The molecule has 18 heavy (non-hydrogen) atoms.